The number of allylic oxidation sites excluding steroid dienone is 1. The van der Waals surface area contributed by atoms with E-state index in [4.69, 9.17) is 0 Å². The van der Waals surface area contributed by atoms with E-state index in [-0.39, 0.29) is 5.70 Å². The maximum atomic E-state index is 14.6. The lowest BCUT2D eigenvalue weighted by Crippen LogP contribution is -2.02. The lowest BCUT2D eigenvalue weighted by molar-refractivity contribution is 0.100. The first kappa shape index (κ1) is 16.7. The van der Waals surface area contributed by atoms with E-state index >= 15 is 0 Å². The number of carbonyl (C=O) groups is 1. The summed E-state index contributed by atoms with van der Waals surface area (Å²) < 4.78 is 14.6. The minimum Gasteiger partial charge on any atom is -0.286 e. The zero-order chi connectivity index (χ0) is 18.1. The highest BCUT2D eigenvalue weighted by molar-refractivity contribution is 8.14. The summed E-state index contributed by atoms with van der Waals surface area (Å²) in [5.74, 6) is -1.01. The van der Waals surface area contributed by atoms with Gasteiger partial charge in [0.25, 0.3) is 0 Å². The zero-order valence-corrected chi connectivity index (χ0v) is 15.0. The van der Waals surface area contributed by atoms with E-state index in [1.807, 2.05) is 19.1 Å². The molecule has 0 atom stereocenters. The van der Waals surface area contributed by atoms with Crippen LogP contribution in [0.4, 0.5) is 4.39 Å². The minimum atomic E-state index is -0.767. The van der Waals surface area contributed by atoms with E-state index in [9.17, 15) is 9.18 Å². The molecule has 128 valence electrons. The van der Waals surface area contributed by atoms with E-state index < -0.39 is 11.6 Å². The van der Waals surface area contributed by atoms with Crippen molar-refractivity contribution in [1.29, 1.82) is 0 Å². The molecule has 0 fully saturated rings. The predicted molar refractivity (Wildman–Crippen MR) is 107 cm³/mol. The molecular formula is C22H16FNOS. The number of ketones is 1. The van der Waals surface area contributed by atoms with Crippen molar-refractivity contribution < 1.29 is 9.18 Å². The molecule has 0 aliphatic carbocycles. The zero-order valence-electron chi connectivity index (χ0n) is 14.2. The fourth-order valence-electron chi connectivity index (χ4n) is 3.01. The molecule has 3 aromatic rings. The molecule has 0 spiro atoms. The van der Waals surface area contributed by atoms with Gasteiger partial charge in [0, 0.05) is 16.9 Å². The average molecular weight is 361 g/mol. The van der Waals surface area contributed by atoms with Crippen molar-refractivity contribution >= 4 is 33.4 Å². The Balaban J connectivity index is 1.72. The second-order valence-electron chi connectivity index (χ2n) is 6.18. The van der Waals surface area contributed by atoms with Crippen LogP contribution in [-0.4, -0.2) is 16.6 Å². The molecule has 0 amide bonds. The van der Waals surface area contributed by atoms with Crippen molar-refractivity contribution in [2.24, 2.45) is 4.99 Å². The van der Waals surface area contributed by atoms with Crippen LogP contribution in [0.2, 0.25) is 0 Å². The number of rotatable bonds is 3. The van der Waals surface area contributed by atoms with E-state index in [1.54, 1.807) is 30.3 Å². The maximum absolute atomic E-state index is 14.6. The van der Waals surface area contributed by atoms with Gasteiger partial charge in [0.1, 0.15) is 5.04 Å². The highest BCUT2D eigenvalue weighted by Gasteiger charge is 2.23. The van der Waals surface area contributed by atoms with Gasteiger partial charge in [-0.15, -0.1) is 0 Å². The number of fused-ring (bicyclic) bond motifs is 1. The maximum Gasteiger partial charge on any atom is 0.223 e. The van der Waals surface area contributed by atoms with Crippen LogP contribution in [0.5, 0.6) is 0 Å². The van der Waals surface area contributed by atoms with Gasteiger partial charge in [-0.05, 0) is 29.3 Å². The number of nitrogens with zero attached hydrogens (tertiary/aromatic N) is 1. The molecule has 0 radical (unpaired) electrons. The molecule has 0 N–H and O–H groups in total. The van der Waals surface area contributed by atoms with Gasteiger partial charge < -0.3 is 0 Å². The highest BCUT2D eigenvalue weighted by atomic mass is 32.2. The van der Waals surface area contributed by atoms with Crippen molar-refractivity contribution in [2.45, 2.75) is 6.92 Å². The number of hydrogen-bond donors (Lipinski definition) is 0. The summed E-state index contributed by atoms with van der Waals surface area (Å²) in [5, 5.41) is 3.05. The lowest BCUT2D eigenvalue weighted by Gasteiger charge is -2.07. The number of aryl methyl sites for hydroxylation is 1. The first-order chi connectivity index (χ1) is 12.6. The molecule has 0 saturated heterocycles. The van der Waals surface area contributed by atoms with Crippen molar-refractivity contribution in [3.05, 3.63) is 94.9 Å². The summed E-state index contributed by atoms with van der Waals surface area (Å²) >= 11 is 1.47. The van der Waals surface area contributed by atoms with Crippen molar-refractivity contribution in [2.75, 3.05) is 5.75 Å². The van der Waals surface area contributed by atoms with Crippen LogP contribution in [-0.2, 0) is 0 Å². The largest absolute Gasteiger partial charge is 0.286 e. The van der Waals surface area contributed by atoms with Crippen molar-refractivity contribution in [1.82, 2.24) is 0 Å². The van der Waals surface area contributed by atoms with Crippen molar-refractivity contribution in [3.63, 3.8) is 0 Å². The summed E-state index contributed by atoms with van der Waals surface area (Å²) in [7, 11) is 0. The smallest absolute Gasteiger partial charge is 0.223 e. The summed E-state index contributed by atoms with van der Waals surface area (Å²) in [6.45, 7) is 2.03. The quantitative estimate of drug-likeness (QED) is 0.442. The van der Waals surface area contributed by atoms with Crippen LogP contribution in [0.15, 0.2) is 83.2 Å². The topological polar surface area (TPSA) is 29.4 Å². The monoisotopic (exact) mass is 361 g/mol. The number of thioether (sulfide) groups is 1. The van der Waals surface area contributed by atoms with Crippen LogP contribution >= 0.6 is 11.8 Å². The number of hydrogen-bond acceptors (Lipinski definition) is 3. The second kappa shape index (κ2) is 6.89. The Morgan fingerprint density at radius 1 is 1.00 bits per heavy atom. The Labute approximate surface area is 155 Å². The van der Waals surface area contributed by atoms with Gasteiger partial charge in [-0.2, -0.15) is 0 Å². The second-order valence-corrected chi connectivity index (χ2v) is 7.14. The van der Waals surface area contributed by atoms with Gasteiger partial charge in [0.2, 0.25) is 5.78 Å². The third kappa shape index (κ3) is 3.08. The molecule has 0 bridgehead atoms. The third-order valence-electron chi connectivity index (χ3n) is 4.39. The first-order valence-corrected chi connectivity index (χ1v) is 9.32. The Bertz CT molecular complexity index is 1070. The van der Waals surface area contributed by atoms with Crippen LogP contribution in [0.1, 0.15) is 21.5 Å². The van der Waals surface area contributed by atoms with Gasteiger partial charge >= 0.3 is 0 Å². The van der Waals surface area contributed by atoms with Gasteiger partial charge in [0.05, 0.1) is 5.70 Å². The Kier molecular flexibility index (Phi) is 4.43. The third-order valence-corrected chi connectivity index (χ3v) is 5.40. The Morgan fingerprint density at radius 3 is 2.38 bits per heavy atom. The lowest BCUT2D eigenvalue weighted by atomic mass is 10.0. The fraction of sp³-hybridized carbons (Fsp3) is 0.0909. The number of benzene rings is 3. The normalized spacial score (nSPS) is 15.8. The van der Waals surface area contributed by atoms with Crippen molar-refractivity contribution in [3.8, 4) is 0 Å². The SMILES string of the molecule is Cc1cc2ccccc2cc1C1=NC(=C(F)C(=O)c2ccccc2)CS1. The molecule has 0 aromatic heterocycles. The molecule has 1 heterocycles. The molecule has 2 nitrogen and oxygen atoms in total. The average Bonchev–Trinajstić information content (AvgIpc) is 3.17. The molecule has 3 aromatic carbocycles. The molecule has 4 rings (SSSR count). The molecule has 4 heteroatoms. The molecule has 0 unspecified atom stereocenters. The van der Waals surface area contributed by atoms with E-state index in [0.717, 1.165) is 21.6 Å². The molecule has 26 heavy (non-hydrogen) atoms. The molecule has 1 aliphatic rings. The number of carbonyl (C=O) groups excluding carboxylic acids is 1. The van der Waals surface area contributed by atoms with Gasteiger partial charge in [-0.3, -0.25) is 4.79 Å². The van der Waals surface area contributed by atoms with Gasteiger partial charge in [-0.1, -0.05) is 72.4 Å². The summed E-state index contributed by atoms with van der Waals surface area (Å²) in [6, 6.07) is 20.8. The first-order valence-electron chi connectivity index (χ1n) is 8.33. The Morgan fingerprint density at radius 2 is 1.65 bits per heavy atom. The predicted octanol–water partition coefficient (Wildman–Crippen LogP) is 5.71. The highest BCUT2D eigenvalue weighted by Crippen LogP contribution is 2.32. The Hall–Kier alpha value is -2.72. The van der Waals surface area contributed by atoms with E-state index in [1.165, 1.54) is 17.1 Å². The number of aliphatic imine (C=N–C) groups is 1. The summed E-state index contributed by atoms with van der Waals surface area (Å²) in [5.41, 5.74) is 2.63. The number of halogens is 1. The van der Waals surface area contributed by atoms with Crippen LogP contribution < -0.4 is 0 Å². The summed E-state index contributed by atoms with van der Waals surface area (Å²) in [4.78, 5) is 16.7. The van der Waals surface area contributed by atoms with Crippen LogP contribution in [0.25, 0.3) is 10.8 Å². The fourth-order valence-corrected chi connectivity index (χ4v) is 4.02. The summed E-state index contributed by atoms with van der Waals surface area (Å²) in [6.07, 6.45) is 0. The van der Waals surface area contributed by atoms with E-state index in [0.29, 0.717) is 11.3 Å². The standard InChI is InChI=1S/C22H16FNOS/c1-14-11-16-9-5-6-10-17(16)12-18(14)22-24-19(13-26-22)20(23)21(25)15-7-3-2-4-8-15/h2-12H,13H2,1H3. The molecule has 1 aliphatic heterocycles. The minimum absolute atomic E-state index is 0.214. The molecular weight excluding hydrogens is 345 g/mol. The van der Waals surface area contributed by atoms with Gasteiger partial charge in [0.15, 0.2) is 5.83 Å². The van der Waals surface area contributed by atoms with Crippen LogP contribution in [0, 0.1) is 6.92 Å². The van der Waals surface area contributed by atoms with E-state index in [2.05, 4.69) is 29.3 Å². The number of Topliss-reactive ketones (excluding diaryl/α,β-unsaturated/α-hetero) is 1. The van der Waals surface area contributed by atoms with Crippen LogP contribution in [0.3, 0.4) is 0 Å². The van der Waals surface area contributed by atoms with Gasteiger partial charge in [-0.25, -0.2) is 9.38 Å². The molecule has 0 saturated carbocycles.